The molecule has 2 rings (SSSR count). The first kappa shape index (κ1) is 21.7. The van der Waals surface area contributed by atoms with Crippen molar-refractivity contribution in [2.24, 2.45) is 0 Å². The molecule has 2 aromatic rings. The Bertz CT molecular complexity index is 869. The lowest BCUT2D eigenvalue weighted by Gasteiger charge is -2.16. The van der Waals surface area contributed by atoms with Gasteiger partial charge in [-0.2, -0.15) is 5.10 Å². The maximum atomic E-state index is 12.3. The standard InChI is InChI=1S/C21H27ClN4O2/c1-14(2)23-19(27)13-25(5)20(28)11-10-18-16(4)24-26(21(18)22)12-17-8-6-15(3)7-9-17/h6-11,14H,12-13H2,1-5H3,(H,23,27)/b11-10+. The minimum Gasteiger partial charge on any atom is -0.352 e. The fourth-order valence-corrected chi connectivity index (χ4v) is 2.97. The van der Waals surface area contributed by atoms with Crippen LogP contribution in [0.15, 0.2) is 30.3 Å². The molecule has 0 unspecified atom stereocenters. The van der Waals surface area contributed by atoms with Crippen LogP contribution >= 0.6 is 11.6 Å². The van der Waals surface area contributed by atoms with Crippen molar-refractivity contribution in [2.45, 2.75) is 40.3 Å². The van der Waals surface area contributed by atoms with E-state index in [0.717, 1.165) is 11.3 Å². The topological polar surface area (TPSA) is 67.2 Å². The minimum absolute atomic E-state index is 0.000747. The molecule has 1 N–H and O–H groups in total. The number of rotatable bonds is 7. The summed E-state index contributed by atoms with van der Waals surface area (Å²) in [4.78, 5) is 25.4. The summed E-state index contributed by atoms with van der Waals surface area (Å²) in [5, 5.41) is 7.71. The van der Waals surface area contributed by atoms with Gasteiger partial charge in [0, 0.05) is 24.7 Å². The van der Waals surface area contributed by atoms with Gasteiger partial charge in [0.1, 0.15) is 5.15 Å². The van der Waals surface area contributed by atoms with Crippen LogP contribution in [0, 0.1) is 13.8 Å². The van der Waals surface area contributed by atoms with Crippen molar-refractivity contribution in [1.29, 1.82) is 0 Å². The summed E-state index contributed by atoms with van der Waals surface area (Å²) in [5.41, 5.74) is 3.72. The summed E-state index contributed by atoms with van der Waals surface area (Å²) in [6.07, 6.45) is 3.06. The molecule has 0 aliphatic rings. The highest BCUT2D eigenvalue weighted by Gasteiger charge is 2.14. The molecule has 150 valence electrons. The third kappa shape index (κ3) is 5.96. The SMILES string of the molecule is Cc1ccc(Cn2nc(C)c(/C=C/C(=O)N(C)CC(=O)NC(C)C)c2Cl)cc1. The third-order valence-electron chi connectivity index (χ3n) is 4.16. The zero-order valence-corrected chi connectivity index (χ0v) is 17.7. The van der Waals surface area contributed by atoms with Crippen molar-refractivity contribution in [3.05, 3.63) is 57.9 Å². The highest BCUT2D eigenvalue weighted by Crippen LogP contribution is 2.22. The number of carbonyl (C=O) groups excluding carboxylic acids is 2. The van der Waals surface area contributed by atoms with Crippen LogP contribution in [0.2, 0.25) is 5.15 Å². The Morgan fingerprint density at radius 2 is 1.89 bits per heavy atom. The molecular formula is C21H27ClN4O2. The molecule has 1 heterocycles. The lowest BCUT2D eigenvalue weighted by Crippen LogP contribution is -2.40. The van der Waals surface area contributed by atoms with Gasteiger partial charge in [-0.05, 0) is 39.3 Å². The molecule has 28 heavy (non-hydrogen) atoms. The predicted molar refractivity (Wildman–Crippen MR) is 112 cm³/mol. The Morgan fingerprint density at radius 1 is 1.25 bits per heavy atom. The maximum Gasteiger partial charge on any atom is 0.246 e. The monoisotopic (exact) mass is 402 g/mol. The summed E-state index contributed by atoms with van der Waals surface area (Å²) in [7, 11) is 1.59. The van der Waals surface area contributed by atoms with E-state index in [2.05, 4.69) is 10.4 Å². The molecular weight excluding hydrogens is 376 g/mol. The van der Waals surface area contributed by atoms with E-state index in [9.17, 15) is 9.59 Å². The number of aryl methyl sites for hydroxylation is 2. The molecule has 6 nitrogen and oxygen atoms in total. The number of aromatic nitrogens is 2. The summed E-state index contributed by atoms with van der Waals surface area (Å²) in [6, 6.07) is 8.21. The van der Waals surface area contributed by atoms with Crippen LogP contribution in [0.5, 0.6) is 0 Å². The van der Waals surface area contributed by atoms with E-state index in [1.54, 1.807) is 17.8 Å². The number of likely N-dealkylation sites (N-methyl/N-ethyl adjacent to an activating group) is 1. The van der Waals surface area contributed by atoms with E-state index >= 15 is 0 Å². The number of amides is 2. The first-order chi connectivity index (χ1) is 13.2. The van der Waals surface area contributed by atoms with Gasteiger partial charge >= 0.3 is 0 Å². The largest absolute Gasteiger partial charge is 0.352 e. The van der Waals surface area contributed by atoms with E-state index in [0.29, 0.717) is 17.3 Å². The number of nitrogens with zero attached hydrogens (tertiary/aromatic N) is 3. The van der Waals surface area contributed by atoms with Gasteiger partial charge in [0.15, 0.2) is 0 Å². The number of hydrogen-bond acceptors (Lipinski definition) is 3. The summed E-state index contributed by atoms with van der Waals surface area (Å²) >= 11 is 6.48. The second kappa shape index (κ2) is 9.55. The Morgan fingerprint density at radius 3 is 2.50 bits per heavy atom. The van der Waals surface area contributed by atoms with Gasteiger partial charge in [-0.25, -0.2) is 4.68 Å². The fraction of sp³-hybridized carbons (Fsp3) is 0.381. The van der Waals surface area contributed by atoms with Gasteiger partial charge in [0.2, 0.25) is 11.8 Å². The normalized spacial score (nSPS) is 11.2. The number of hydrogen-bond donors (Lipinski definition) is 1. The number of nitrogens with one attached hydrogen (secondary N) is 1. The highest BCUT2D eigenvalue weighted by molar-refractivity contribution is 6.31. The van der Waals surface area contributed by atoms with Crippen LogP contribution in [0.3, 0.4) is 0 Å². The van der Waals surface area contributed by atoms with Crippen LogP contribution in [-0.2, 0) is 16.1 Å². The second-order valence-corrected chi connectivity index (χ2v) is 7.54. The van der Waals surface area contributed by atoms with Crippen molar-refractivity contribution < 1.29 is 9.59 Å². The van der Waals surface area contributed by atoms with E-state index < -0.39 is 0 Å². The van der Waals surface area contributed by atoms with E-state index in [1.807, 2.05) is 52.0 Å². The van der Waals surface area contributed by atoms with Gasteiger partial charge in [-0.1, -0.05) is 41.4 Å². The molecule has 0 spiro atoms. The van der Waals surface area contributed by atoms with Crippen molar-refractivity contribution >= 4 is 29.5 Å². The van der Waals surface area contributed by atoms with Crippen LogP contribution in [0.4, 0.5) is 0 Å². The molecule has 0 radical (unpaired) electrons. The van der Waals surface area contributed by atoms with Gasteiger partial charge in [-0.15, -0.1) is 0 Å². The smallest absolute Gasteiger partial charge is 0.246 e. The highest BCUT2D eigenvalue weighted by atomic mass is 35.5. The number of halogens is 1. The Labute approximate surface area is 171 Å². The zero-order chi connectivity index (χ0) is 20.8. The van der Waals surface area contributed by atoms with E-state index in [1.165, 1.54) is 16.5 Å². The van der Waals surface area contributed by atoms with Crippen LogP contribution in [0.25, 0.3) is 6.08 Å². The third-order valence-corrected chi connectivity index (χ3v) is 4.56. The first-order valence-electron chi connectivity index (χ1n) is 9.18. The summed E-state index contributed by atoms with van der Waals surface area (Å²) in [6.45, 7) is 8.19. The van der Waals surface area contributed by atoms with E-state index in [-0.39, 0.29) is 24.4 Å². The molecule has 0 bridgehead atoms. The Balaban J connectivity index is 2.07. The second-order valence-electron chi connectivity index (χ2n) is 7.18. The number of carbonyl (C=O) groups is 2. The maximum absolute atomic E-state index is 12.3. The van der Waals surface area contributed by atoms with Crippen molar-refractivity contribution in [3.8, 4) is 0 Å². The average Bonchev–Trinajstić information content (AvgIpc) is 2.87. The van der Waals surface area contributed by atoms with Gasteiger partial charge in [0.05, 0.1) is 18.8 Å². The van der Waals surface area contributed by atoms with Crippen molar-refractivity contribution in [1.82, 2.24) is 20.0 Å². The average molecular weight is 403 g/mol. The number of benzene rings is 1. The van der Waals surface area contributed by atoms with Gasteiger partial charge in [-0.3, -0.25) is 9.59 Å². The fourth-order valence-electron chi connectivity index (χ4n) is 2.67. The first-order valence-corrected chi connectivity index (χ1v) is 9.56. The molecule has 0 saturated heterocycles. The minimum atomic E-state index is -0.277. The summed E-state index contributed by atoms with van der Waals surface area (Å²) < 4.78 is 1.71. The predicted octanol–water partition coefficient (Wildman–Crippen LogP) is 3.20. The van der Waals surface area contributed by atoms with Crippen molar-refractivity contribution in [2.75, 3.05) is 13.6 Å². The zero-order valence-electron chi connectivity index (χ0n) is 17.0. The van der Waals surface area contributed by atoms with Crippen LogP contribution in [0.1, 0.15) is 36.2 Å². The molecule has 0 atom stereocenters. The molecule has 0 aliphatic carbocycles. The molecule has 1 aromatic carbocycles. The molecule has 1 aromatic heterocycles. The Hall–Kier alpha value is -2.60. The molecule has 0 aliphatic heterocycles. The lowest BCUT2D eigenvalue weighted by atomic mass is 10.1. The van der Waals surface area contributed by atoms with Crippen LogP contribution in [-0.4, -0.2) is 46.1 Å². The summed E-state index contributed by atoms with van der Waals surface area (Å²) in [5.74, 6) is -0.472. The molecule has 0 fully saturated rings. The van der Waals surface area contributed by atoms with Crippen molar-refractivity contribution in [3.63, 3.8) is 0 Å². The Kier molecular flexibility index (Phi) is 7.40. The quantitative estimate of drug-likeness (QED) is 0.723. The van der Waals surface area contributed by atoms with E-state index in [4.69, 9.17) is 11.6 Å². The van der Waals surface area contributed by atoms with Crippen LogP contribution < -0.4 is 5.32 Å². The molecule has 0 saturated carbocycles. The van der Waals surface area contributed by atoms with Gasteiger partial charge < -0.3 is 10.2 Å². The van der Waals surface area contributed by atoms with Gasteiger partial charge in [0.25, 0.3) is 0 Å². The lowest BCUT2D eigenvalue weighted by molar-refractivity contribution is -0.131. The molecule has 7 heteroatoms. The molecule has 2 amide bonds.